The zero-order chi connectivity index (χ0) is 18.0. The van der Waals surface area contributed by atoms with Gasteiger partial charge in [0.2, 0.25) is 0 Å². The van der Waals surface area contributed by atoms with Gasteiger partial charge in [0, 0.05) is 51.4 Å². The number of nitrogens with zero attached hydrogens (tertiary/aromatic N) is 2. The Balaban J connectivity index is 0.00000196. The van der Waals surface area contributed by atoms with Crippen LogP contribution in [0.25, 0.3) is 11.1 Å². The summed E-state index contributed by atoms with van der Waals surface area (Å²) in [6.45, 7) is 7.59. The summed E-state index contributed by atoms with van der Waals surface area (Å²) in [6.07, 6.45) is 1.93. The first-order valence-electron chi connectivity index (χ1n) is 9.69. The van der Waals surface area contributed by atoms with Gasteiger partial charge < -0.3 is 19.6 Å². The van der Waals surface area contributed by atoms with Crippen LogP contribution in [0.1, 0.15) is 12.8 Å². The molecule has 0 spiro atoms. The summed E-state index contributed by atoms with van der Waals surface area (Å²) >= 11 is 0. The van der Waals surface area contributed by atoms with Crippen molar-refractivity contribution in [2.75, 3.05) is 52.5 Å². The smallest absolute Gasteiger partial charge is 0.127 e. The summed E-state index contributed by atoms with van der Waals surface area (Å²) in [6, 6.07) is 18.7. The summed E-state index contributed by atoms with van der Waals surface area (Å²) in [7, 11) is 0. The number of hydrogen-bond acceptors (Lipinski definition) is 4. The second kappa shape index (κ2) is 13.8. The average molecular weight is 427 g/mol. The van der Waals surface area contributed by atoms with E-state index in [-0.39, 0.29) is 24.8 Å². The maximum atomic E-state index is 8.93. The van der Waals surface area contributed by atoms with E-state index >= 15 is 0 Å². The van der Waals surface area contributed by atoms with Crippen LogP contribution in [0.2, 0.25) is 0 Å². The third-order valence-electron chi connectivity index (χ3n) is 4.95. The largest absolute Gasteiger partial charge is 0.493 e. The minimum Gasteiger partial charge on any atom is -0.493 e. The molecule has 4 nitrogen and oxygen atoms in total. The number of hydrogen-bond donors (Lipinski definition) is 1. The Morgan fingerprint density at radius 2 is 1.32 bits per heavy atom. The van der Waals surface area contributed by atoms with Crippen molar-refractivity contribution in [2.45, 2.75) is 12.8 Å². The average Bonchev–Trinajstić information content (AvgIpc) is 2.71. The van der Waals surface area contributed by atoms with Gasteiger partial charge in [-0.2, -0.15) is 0 Å². The monoisotopic (exact) mass is 426 g/mol. The molecule has 2 aromatic carbocycles. The molecule has 1 aliphatic rings. The molecule has 1 fully saturated rings. The highest BCUT2D eigenvalue weighted by Gasteiger charge is 2.15. The zero-order valence-corrected chi connectivity index (χ0v) is 18.0. The minimum absolute atomic E-state index is 0. The molecule has 0 unspecified atom stereocenters. The van der Waals surface area contributed by atoms with E-state index in [9.17, 15) is 0 Å². The van der Waals surface area contributed by atoms with Crippen LogP contribution in [0.4, 0.5) is 0 Å². The molecule has 28 heavy (non-hydrogen) atoms. The molecular formula is C22H32Cl2N2O2. The number of aliphatic hydroxyl groups excluding tert-OH is 1. The van der Waals surface area contributed by atoms with E-state index in [2.05, 4.69) is 52.3 Å². The maximum absolute atomic E-state index is 8.93. The summed E-state index contributed by atoms with van der Waals surface area (Å²) in [5, 5.41) is 8.93. The van der Waals surface area contributed by atoms with E-state index in [0.717, 1.165) is 70.0 Å². The Kier molecular flexibility index (Phi) is 12.2. The lowest BCUT2D eigenvalue weighted by atomic mass is 10.1. The predicted octanol–water partition coefficient (Wildman–Crippen LogP) is 3.97. The van der Waals surface area contributed by atoms with Crippen LogP contribution >= 0.6 is 24.8 Å². The Bertz CT molecular complexity index is 650. The van der Waals surface area contributed by atoms with Gasteiger partial charge in [0.05, 0.1) is 6.61 Å². The van der Waals surface area contributed by atoms with Crippen molar-refractivity contribution in [1.82, 2.24) is 9.80 Å². The topological polar surface area (TPSA) is 35.9 Å². The molecule has 0 saturated carbocycles. The third-order valence-corrected chi connectivity index (χ3v) is 4.95. The van der Waals surface area contributed by atoms with Crippen LogP contribution in [0.15, 0.2) is 54.6 Å². The number of piperazine rings is 1. The van der Waals surface area contributed by atoms with Gasteiger partial charge in [-0.3, -0.25) is 0 Å². The Morgan fingerprint density at radius 1 is 0.750 bits per heavy atom. The van der Waals surface area contributed by atoms with Crippen LogP contribution in [0.3, 0.4) is 0 Å². The normalized spacial score (nSPS) is 14.8. The molecule has 156 valence electrons. The lowest BCUT2D eigenvalue weighted by Gasteiger charge is -2.34. The van der Waals surface area contributed by atoms with E-state index in [1.54, 1.807) is 0 Å². The molecule has 0 aliphatic carbocycles. The summed E-state index contributed by atoms with van der Waals surface area (Å²) in [5.41, 5.74) is 2.35. The van der Waals surface area contributed by atoms with Gasteiger partial charge in [-0.05, 0) is 24.5 Å². The van der Waals surface area contributed by atoms with Crippen LogP contribution in [0, 0.1) is 0 Å². The number of benzene rings is 2. The fourth-order valence-electron chi connectivity index (χ4n) is 3.45. The molecule has 0 atom stereocenters. The molecular weight excluding hydrogens is 395 g/mol. The molecule has 1 heterocycles. The highest BCUT2D eigenvalue weighted by Crippen LogP contribution is 2.29. The molecule has 0 aromatic heterocycles. The quantitative estimate of drug-likeness (QED) is 0.615. The molecule has 1 aliphatic heterocycles. The van der Waals surface area contributed by atoms with Gasteiger partial charge in [-0.15, -0.1) is 24.8 Å². The van der Waals surface area contributed by atoms with Crippen LogP contribution in [-0.2, 0) is 0 Å². The lowest BCUT2D eigenvalue weighted by Crippen LogP contribution is -2.47. The fraction of sp³-hybridized carbons (Fsp3) is 0.455. The Morgan fingerprint density at radius 3 is 1.96 bits per heavy atom. The van der Waals surface area contributed by atoms with Crippen molar-refractivity contribution < 1.29 is 9.84 Å². The number of halogens is 2. The van der Waals surface area contributed by atoms with Crippen molar-refractivity contribution in [3.63, 3.8) is 0 Å². The second-order valence-electron chi connectivity index (χ2n) is 6.82. The van der Waals surface area contributed by atoms with Gasteiger partial charge in [-0.1, -0.05) is 48.5 Å². The number of aliphatic hydroxyl groups is 1. The Hall–Kier alpha value is -1.30. The number of para-hydroxylation sites is 1. The van der Waals surface area contributed by atoms with Gasteiger partial charge in [0.15, 0.2) is 0 Å². The maximum Gasteiger partial charge on any atom is 0.127 e. The standard InChI is InChI=1S/C22H30N2O2.2ClH/c25-18-6-12-23-14-16-24(17-15-23)13-7-19-26-22-11-5-4-10-21(22)20-8-2-1-3-9-20;;/h1-5,8-11,25H,6-7,12-19H2;2*1H. The summed E-state index contributed by atoms with van der Waals surface area (Å²) in [4.78, 5) is 4.96. The van der Waals surface area contributed by atoms with Crippen molar-refractivity contribution in [1.29, 1.82) is 0 Å². The summed E-state index contributed by atoms with van der Waals surface area (Å²) in [5.74, 6) is 0.965. The highest BCUT2D eigenvalue weighted by atomic mass is 35.5. The van der Waals surface area contributed by atoms with E-state index in [4.69, 9.17) is 9.84 Å². The molecule has 0 bridgehead atoms. The van der Waals surface area contributed by atoms with Crippen LogP contribution in [0.5, 0.6) is 5.75 Å². The van der Waals surface area contributed by atoms with Crippen molar-refractivity contribution in [3.8, 4) is 16.9 Å². The second-order valence-corrected chi connectivity index (χ2v) is 6.82. The van der Waals surface area contributed by atoms with E-state index in [0.29, 0.717) is 6.61 Å². The first-order valence-corrected chi connectivity index (χ1v) is 9.69. The first-order chi connectivity index (χ1) is 12.9. The van der Waals surface area contributed by atoms with Crippen LogP contribution in [-0.4, -0.2) is 67.4 Å². The molecule has 1 saturated heterocycles. The van der Waals surface area contributed by atoms with E-state index in [1.165, 1.54) is 5.56 Å². The van der Waals surface area contributed by atoms with Crippen molar-refractivity contribution in [3.05, 3.63) is 54.6 Å². The molecule has 0 amide bonds. The van der Waals surface area contributed by atoms with Gasteiger partial charge in [0.1, 0.15) is 5.75 Å². The molecule has 2 aromatic rings. The highest BCUT2D eigenvalue weighted by molar-refractivity contribution is 5.85. The summed E-state index contributed by atoms with van der Waals surface area (Å²) < 4.78 is 6.09. The molecule has 0 radical (unpaired) electrons. The van der Waals surface area contributed by atoms with E-state index in [1.807, 2.05) is 12.1 Å². The molecule has 3 rings (SSSR count). The minimum atomic E-state index is 0. The van der Waals surface area contributed by atoms with Crippen molar-refractivity contribution in [2.24, 2.45) is 0 Å². The predicted molar refractivity (Wildman–Crippen MR) is 121 cm³/mol. The van der Waals surface area contributed by atoms with E-state index < -0.39 is 0 Å². The fourth-order valence-corrected chi connectivity index (χ4v) is 3.45. The number of ether oxygens (including phenoxy) is 1. The van der Waals surface area contributed by atoms with Gasteiger partial charge in [0.25, 0.3) is 0 Å². The van der Waals surface area contributed by atoms with Gasteiger partial charge >= 0.3 is 0 Å². The first kappa shape index (κ1) is 24.7. The Labute approximate surface area is 181 Å². The molecule has 1 N–H and O–H groups in total. The van der Waals surface area contributed by atoms with Crippen LogP contribution < -0.4 is 4.74 Å². The SMILES string of the molecule is Cl.Cl.OCCCN1CCN(CCCOc2ccccc2-c2ccccc2)CC1. The third kappa shape index (κ3) is 7.61. The zero-order valence-electron chi connectivity index (χ0n) is 16.3. The van der Waals surface area contributed by atoms with Gasteiger partial charge in [-0.25, -0.2) is 0 Å². The van der Waals surface area contributed by atoms with Crippen molar-refractivity contribution >= 4 is 24.8 Å². The lowest BCUT2D eigenvalue weighted by molar-refractivity contribution is 0.119. The molecule has 6 heteroatoms. The number of rotatable bonds is 9.